The summed E-state index contributed by atoms with van der Waals surface area (Å²) in [5.74, 6) is 0.0123. The maximum absolute atomic E-state index is 11.7. The molecule has 2 aliphatic rings. The van der Waals surface area contributed by atoms with Crippen LogP contribution in [-0.2, 0) is 9.53 Å². The highest BCUT2D eigenvalue weighted by Gasteiger charge is 2.49. The lowest BCUT2D eigenvalue weighted by atomic mass is 9.96. The van der Waals surface area contributed by atoms with Gasteiger partial charge in [-0.2, -0.15) is 0 Å². The Morgan fingerprint density at radius 1 is 1.31 bits per heavy atom. The molecule has 0 atom stereocenters. The molecule has 0 heterocycles. The Labute approximate surface area is 97.9 Å². The van der Waals surface area contributed by atoms with E-state index in [1.165, 1.54) is 32.1 Å². The summed E-state index contributed by atoms with van der Waals surface area (Å²) >= 11 is 0. The van der Waals surface area contributed by atoms with Gasteiger partial charge in [0.25, 0.3) is 0 Å². The number of carbonyl (C=O) groups excluding carboxylic acids is 1. The van der Waals surface area contributed by atoms with E-state index in [2.05, 4.69) is 12.2 Å². The molecule has 0 aliphatic heterocycles. The van der Waals surface area contributed by atoms with Gasteiger partial charge in [-0.25, -0.2) is 0 Å². The van der Waals surface area contributed by atoms with E-state index < -0.39 is 0 Å². The van der Waals surface area contributed by atoms with Gasteiger partial charge in [-0.05, 0) is 32.1 Å². The summed E-state index contributed by atoms with van der Waals surface area (Å²) in [5.41, 5.74) is -0.103. The van der Waals surface area contributed by atoms with Crippen LogP contribution in [0.5, 0.6) is 0 Å². The zero-order valence-electron chi connectivity index (χ0n) is 10.3. The predicted molar refractivity (Wildman–Crippen MR) is 62.9 cm³/mol. The first-order valence-corrected chi connectivity index (χ1v) is 6.67. The van der Waals surface area contributed by atoms with Crippen LogP contribution in [0.3, 0.4) is 0 Å². The zero-order chi connectivity index (χ0) is 11.4. The highest BCUT2D eigenvalue weighted by atomic mass is 16.5. The lowest BCUT2D eigenvalue weighted by molar-refractivity contribution is -0.151. The highest BCUT2D eigenvalue weighted by molar-refractivity contribution is 5.79. The van der Waals surface area contributed by atoms with Crippen molar-refractivity contribution < 1.29 is 9.53 Å². The molecular formula is C13H23NO2. The van der Waals surface area contributed by atoms with Gasteiger partial charge in [-0.3, -0.25) is 10.1 Å². The molecule has 2 saturated carbocycles. The van der Waals surface area contributed by atoms with Gasteiger partial charge < -0.3 is 4.74 Å². The minimum atomic E-state index is -0.103. The Hall–Kier alpha value is -0.570. The van der Waals surface area contributed by atoms with Crippen LogP contribution >= 0.6 is 0 Å². The van der Waals surface area contributed by atoms with Crippen LogP contribution in [-0.4, -0.2) is 18.7 Å². The van der Waals surface area contributed by atoms with Gasteiger partial charge >= 0.3 is 5.97 Å². The van der Waals surface area contributed by atoms with Gasteiger partial charge in [0.05, 0.1) is 5.41 Å². The van der Waals surface area contributed by atoms with Crippen molar-refractivity contribution in [3.8, 4) is 0 Å². The van der Waals surface area contributed by atoms with Crippen LogP contribution in [0.1, 0.15) is 58.3 Å². The summed E-state index contributed by atoms with van der Waals surface area (Å²) in [5, 5.41) is 3.33. The molecule has 3 heteroatoms. The number of hydrogen-bond donors (Lipinski definition) is 1. The summed E-state index contributed by atoms with van der Waals surface area (Å²) < 4.78 is 5.31. The molecule has 0 saturated heterocycles. The normalized spacial score (nSPS) is 24.1. The number of nitrogens with one attached hydrogen (secondary N) is 1. The van der Waals surface area contributed by atoms with E-state index in [1.807, 2.05) is 0 Å². The average molecular weight is 225 g/mol. The first-order valence-electron chi connectivity index (χ1n) is 6.67. The first-order chi connectivity index (χ1) is 7.77. The molecule has 0 aromatic heterocycles. The summed E-state index contributed by atoms with van der Waals surface area (Å²) in [6.07, 6.45) is 9.41. The molecule has 0 aromatic carbocycles. The maximum atomic E-state index is 11.7. The second-order valence-corrected chi connectivity index (χ2v) is 5.25. The Morgan fingerprint density at radius 2 is 2.00 bits per heavy atom. The fourth-order valence-corrected chi connectivity index (χ4v) is 2.54. The van der Waals surface area contributed by atoms with Gasteiger partial charge in [0.15, 0.2) is 0 Å². The molecule has 2 aliphatic carbocycles. The Bertz CT molecular complexity index is 242. The molecule has 16 heavy (non-hydrogen) atoms. The van der Waals surface area contributed by atoms with Crippen molar-refractivity contribution in [3.05, 3.63) is 0 Å². The van der Waals surface area contributed by atoms with Gasteiger partial charge in [-0.15, -0.1) is 0 Å². The van der Waals surface area contributed by atoms with Gasteiger partial charge in [-0.1, -0.05) is 26.2 Å². The standard InChI is InChI=1S/C13H23NO2/c1-2-13(8-9-13)12(15)16-10-14-11-6-4-3-5-7-11/h11,14H,2-10H2,1H3. The third kappa shape index (κ3) is 2.76. The molecule has 2 rings (SSSR count). The van der Waals surface area contributed by atoms with Crippen molar-refractivity contribution in [3.63, 3.8) is 0 Å². The first kappa shape index (κ1) is 11.9. The molecule has 3 nitrogen and oxygen atoms in total. The summed E-state index contributed by atoms with van der Waals surface area (Å²) in [6.45, 7) is 2.48. The van der Waals surface area contributed by atoms with E-state index in [4.69, 9.17) is 4.74 Å². The van der Waals surface area contributed by atoms with Gasteiger partial charge in [0.1, 0.15) is 6.73 Å². The van der Waals surface area contributed by atoms with E-state index in [9.17, 15) is 4.79 Å². The molecule has 0 radical (unpaired) electrons. The SMILES string of the molecule is CCC1(C(=O)OCNC2CCCCC2)CC1. The minimum absolute atomic E-state index is 0.0123. The fraction of sp³-hybridized carbons (Fsp3) is 0.923. The number of carbonyl (C=O) groups is 1. The Morgan fingerprint density at radius 3 is 2.56 bits per heavy atom. The van der Waals surface area contributed by atoms with Crippen LogP contribution < -0.4 is 5.32 Å². The second-order valence-electron chi connectivity index (χ2n) is 5.25. The third-order valence-corrected chi connectivity index (χ3v) is 4.14. The van der Waals surface area contributed by atoms with Crippen molar-refractivity contribution in [2.45, 2.75) is 64.3 Å². The molecule has 0 unspecified atom stereocenters. The molecule has 92 valence electrons. The highest BCUT2D eigenvalue weighted by Crippen LogP contribution is 2.49. The lowest BCUT2D eigenvalue weighted by Gasteiger charge is -2.23. The fourth-order valence-electron chi connectivity index (χ4n) is 2.54. The van der Waals surface area contributed by atoms with Crippen LogP contribution in [0.25, 0.3) is 0 Å². The van der Waals surface area contributed by atoms with E-state index in [-0.39, 0.29) is 11.4 Å². The van der Waals surface area contributed by atoms with E-state index in [1.54, 1.807) is 0 Å². The summed E-state index contributed by atoms with van der Waals surface area (Å²) in [6, 6.07) is 0.568. The van der Waals surface area contributed by atoms with E-state index in [0.717, 1.165) is 19.3 Å². The quantitative estimate of drug-likeness (QED) is 0.577. The maximum Gasteiger partial charge on any atom is 0.313 e. The molecule has 0 spiro atoms. The van der Waals surface area contributed by atoms with Crippen molar-refractivity contribution in [2.75, 3.05) is 6.73 Å². The second kappa shape index (κ2) is 5.17. The van der Waals surface area contributed by atoms with E-state index >= 15 is 0 Å². The average Bonchev–Trinajstić information content (AvgIpc) is 3.11. The molecule has 1 N–H and O–H groups in total. The lowest BCUT2D eigenvalue weighted by Crippen LogP contribution is -2.34. The Kier molecular flexibility index (Phi) is 3.85. The zero-order valence-corrected chi connectivity index (χ0v) is 10.3. The van der Waals surface area contributed by atoms with Crippen LogP contribution in [0.4, 0.5) is 0 Å². The third-order valence-electron chi connectivity index (χ3n) is 4.14. The number of ether oxygens (including phenoxy) is 1. The molecular weight excluding hydrogens is 202 g/mol. The Balaban J connectivity index is 1.62. The molecule has 0 bridgehead atoms. The van der Waals surface area contributed by atoms with Crippen LogP contribution in [0, 0.1) is 5.41 Å². The van der Waals surface area contributed by atoms with Crippen molar-refractivity contribution in [1.29, 1.82) is 0 Å². The number of rotatable bonds is 5. The van der Waals surface area contributed by atoms with Crippen LogP contribution in [0.2, 0.25) is 0 Å². The summed E-state index contributed by atoms with van der Waals surface area (Å²) in [4.78, 5) is 11.7. The smallest absolute Gasteiger partial charge is 0.313 e. The summed E-state index contributed by atoms with van der Waals surface area (Å²) in [7, 11) is 0. The molecule has 0 amide bonds. The van der Waals surface area contributed by atoms with Crippen LogP contribution in [0.15, 0.2) is 0 Å². The van der Waals surface area contributed by atoms with Crippen molar-refractivity contribution in [2.24, 2.45) is 5.41 Å². The van der Waals surface area contributed by atoms with Gasteiger partial charge in [0.2, 0.25) is 0 Å². The number of hydrogen-bond acceptors (Lipinski definition) is 3. The molecule has 2 fully saturated rings. The van der Waals surface area contributed by atoms with Crippen molar-refractivity contribution in [1.82, 2.24) is 5.32 Å². The predicted octanol–water partition coefficient (Wildman–Crippen LogP) is 2.60. The van der Waals surface area contributed by atoms with Gasteiger partial charge in [0, 0.05) is 6.04 Å². The van der Waals surface area contributed by atoms with Crippen molar-refractivity contribution >= 4 is 5.97 Å². The topological polar surface area (TPSA) is 38.3 Å². The minimum Gasteiger partial charge on any atom is -0.449 e. The monoisotopic (exact) mass is 225 g/mol. The molecule has 0 aromatic rings. The van der Waals surface area contributed by atoms with E-state index in [0.29, 0.717) is 12.8 Å². The number of esters is 1. The largest absolute Gasteiger partial charge is 0.449 e.